The number of pyridine rings is 1. The molecular formula is C10H7BrClN2ORbS. The first kappa shape index (κ1) is 16.2. The summed E-state index contributed by atoms with van der Waals surface area (Å²) in [5.41, 5.74) is 8.78. The molecule has 2 aromatic heterocycles. The first-order valence-corrected chi connectivity index (χ1v) is 6.43. The molecule has 0 radical (unpaired) electrons. The molecule has 2 aromatic rings. The number of rotatable bonds is 1. The largest absolute Gasteiger partial charge is 1.00 e. The van der Waals surface area contributed by atoms with Crippen molar-refractivity contribution in [2.24, 2.45) is 0 Å². The minimum absolute atomic E-state index is 0. The molecule has 0 unspecified atom stereocenters. The monoisotopic (exact) mass is 402 g/mol. The zero-order valence-electron chi connectivity index (χ0n) is 9.52. The number of carbonyl (C=O) groups excluding carboxylic acids is 1. The van der Waals surface area contributed by atoms with Crippen LogP contribution in [-0.4, -0.2) is 10.9 Å². The fourth-order valence-corrected chi connectivity index (χ4v) is 3.73. The Morgan fingerprint density at radius 1 is 1.47 bits per heavy atom. The molecule has 0 fully saturated rings. The van der Waals surface area contributed by atoms with Crippen LogP contribution in [0.15, 0.2) is 4.47 Å². The van der Waals surface area contributed by atoms with Crippen LogP contribution in [0.3, 0.4) is 0 Å². The summed E-state index contributed by atoms with van der Waals surface area (Å²) >= 11 is 10.7. The van der Waals surface area contributed by atoms with Gasteiger partial charge in [-0.25, -0.2) is 4.98 Å². The van der Waals surface area contributed by atoms with Crippen LogP contribution >= 0.6 is 38.9 Å². The predicted molar refractivity (Wildman–Crippen MR) is 70.5 cm³/mol. The molecule has 0 saturated heterocycles. The van der Waals surface area contributed by atoms with Crippen molar-refractivity contribution in [3.05, 3.63) is 31.4 Å². The Bertz CT molecular complexity index is 614. The van der Waals surface area contributed by atoms with Crippen LogP contribution < -0.4 is 58.2 Å². The normalized spacial score (nSPS) is 10.4. The Hall–Kier alpha value is 1.16. The smallest absolute Gasteiger partial charge is 0.663 e. The molecular weight excluding hydrogens is 397 g/mol. The SMILES string of the molecule is Cc1nc2sc(C([NH-])=O)c(Br)c2c(C)c1Cl.[Rb+]. The van der Waals surface area contributed by atoms with Crippen molar-refractivity contribution in [1.29, 1.82) is 0 Å². The predicted octanol–water partition coefficient (Wildman–Crippen LogP) is 1.53. The van der Waals surface area contributed by atoms with Gasteiger partial charge in [0.15, 0.2) is 0 Å². The van der Waals surface area contributed by atoms with Crippen molar-refractivity contribution in [2.45, 2.75) is 13.8 Å². The number of amides is 1. The molecule has 0 bridgehead atoms. The van der Waals surface area contributed by atoms with Crippen molar-refractivity contribution in [3.63, 3.8) is 0 Å². The van der Waals surface area contributed by atoms with Crippen LogP contribution in [0.4, 0.5) is 0 Å². The van der Waals surface area contributed by atoms with E-state index in [1.54, 1.807) is 0 Å². The third-order valence-electron chi connectivity index (χ3n) is 2.33. The number of carbonyl (C=O) groups is 1. The summed E-state index contributed by atoms with van der Waals surface area (Å²) in [5.74, 6) is -0.706. The molecule has 1 N–H and O–H groups in total. The Kier molecular flexibility index (Phi) is 5.79. The second kappa shape index (κ2) is 6.07. The summed E-state index contributed by atoms with van der Waals surface area (Å²) < 4.78 is 0.624. The van der Waals surface area contributed by atoms with E-state index in [2.05, 4.69) is 20.9 Å². The van der Waals surface area contributed by atoms with Crippen LogP contribution in [-0.2, 0) is 0 Å². The molecule has 0 aliphatic heterocycles. The van der Waals surface area contributed by atoms with Gasteiger partial charge in [-0.05, 0) is 35.3 Å². The number of hydrogen-bond donors (Lipinski definition) is 0. The molecule has 0 aromatic carbocycles. The first-order valence-electron chi connectivity index (χ1n) is 4.44. The average Bonchev–Trinajstić information content (AvgIpc) is 2.52. The summed E-state index contributed by atoms with van der Waals surface area (Å²) in [6, 6.07) is 0. The van der Waals surface area contributed by atoms with E-state index in [9.17, 15) is 4.79 Å². The van der Waals surface area contributed by atoms with Gasteiger partial charge < -0.3 is 10.5 Å². The van der Waals surface area contributed by atoms with Crippen molar-refractivity contribution in [3.8, 4) is 0 Å². The van der Waals surface area contributed by atoms with Gasteiger partial charge in [-0.2, -0.15) is 0 Å². The summed E-state index contributed by atoms with van der Waals surface area (Å²) in [4.78, 5) is 16.5. The summed E-state index contributed by atoms with van der Waals surface area (Å²) in [7, 11) is 0. The molecule has 0 aliphatic carbocycles. The minimum atomic E-state index is -0.706. The Labute approximate surface area is 165 Å². The zero-order valence-corrected chi connectivity index (χ0v) is 17.6. The van der Waals surface area contributed by atoms with E-state index < -0.39 is 5.91 Å². The first-order chi connectivity index (χ1) is 7.43. The molecule has 0 atom stereocenters. The van der Waals surface area contributed by atoms with Gasteiger partial charge in [-0.15, -0.1) is 11.3 Å². The minimum Gasteiger partial charge on any atom is -0.663 e. The number of nitrogens with one attached hydrogen (secondary N) is 1. The number of fused-ring (bicyclic) bond motifs is 1. The molecule has 7 heteroatoms. The fraction of sp³-hybridized carbons (Fsp3) is 0.200. The summed E-state index contributed by atoms with van der Waals surface area (Å²) in [5, 5.41) is 1.44. The zero-order chi connectivity index (χ0) is 12.0. The topological polar surface area (TPSA) is 53.8 Å². The number of halogens is 2. The van der Waals surface area contributed by atoms with Crippen molar-refractivity contribution < 1.29 is 63.0 Å². The maximum Gasteiger partial charge on any atom is 1.00 e. The Morgan fingerprint density at radius 3 is 2.59 bits per heavy atom. The van der Waals surface area contributed by atoms with Crippen LogP contribution in [0.2, 0.25) is 5.02 Å². The van der Waals surface area contributed by atoms with E-state index in [0.717, 1.165) is 21.5 Å². The molecule has 0 spiro atoms. The van der Waals surface area contributed by atoms with E-state index in [1.165, 1.54) is 11.3 Å². The average molecular weight is 404 g/mol. The molecule has 3 nitrogen and oxygen atoms in total. The molecule has 1 amide bonds. The number of aromatic nitrogens is 1. The second-order valence-electron chi connectivity index (χ2n) is 3.39. The standard InChI is InChI=1S/C10H8BrClN2OS.Rb/c1-3-5-6(11)8(9(13)15)16-10(5)14-4(2)7(3)12;/h1-2H3,(H2,13,15);/q;+1/p-1. The van der Waals surface area contributed by atoms with Gasteiger partial charge in [0.25, 0.3) is 0 Å². The van der Waals surface area contributed by atoms with Crippen LogP contribution in [0.1, 0.15) is 20.9 Å². The van der Waals surface area contributed by atoms with Crippen molar-refractivity contribution in [2.75, 3.05) is 0 Å². The van der Waals surface area contributed by atoms with Gasteiger partial charge in [-0.3, -0.25) is 0 Å². The number of nitrogens with zero attached hydrogens (tertiary/aromatic N) is 1. The third kappa shape index (κ3) is 2.85. The third-order valence-corrected chi connectivity index (χ3v) is 5.02. The van der Waals surface area contributed by atoms with Crippen LogP contribution in [0, 0.1) is 13.8 Å². The molecule has 0 saturated carbocycles. The van der Waals surface area contributed by atoms with Crippen molar-refractivity contribution >= 4 is 55.0 Å². The molecule has 2 rings (SSSR count). The van der Waals surface area contributed by atoms with E-state index in [4.69, 9.17) is 17.3 Å². The Balaban J connectivity index is 0.00000144. The maximum absolute atomic E-state index is 11.1. The summed E-state index contributed by atoms with van der Waals surface area (Å²) in [6.07, 6.45) is 0. The van der Waals surface area contributed by atoms with Gasteiger partial charge in [0.05, 0.1) is 21.5 Å². The second-order valence-corrected chi connectivity index (χ2v) is 5.56. The van der Waals surface area contributed by atoms with Crippen molar-refractivity contribution in [1.82, 2.24) is 4.98 Å². The molecule has 2 heterocycles. The number of hydrogen-bond acceptors (Lipinski definition) is 3. The van der Waals surface area contributed by atoms with E-state index in [1.807, 2.05) is 13.8 Å². The number of aryl methyl sites for hydroxylation is 2. The molecule has 84 valence electrons. The van der Waals surface area contributed by atoms with E-state index in [-0.39, 0.29) is 58.2 Å². The van der Waals surface area contributed by atoms with Gasteiger partial charge in [0, 0.05) is 9.86 Å². The van der Waals surface area contributed by atoms with Crippen LogP contribution in [0.25, 0.3) is 16.0 Å². The maximum atomic E-state index is 11.1. The van der Waals surface area contributed by atoms with E-state index >= 15 is 0 Å². The van der Waals surface area contributed by atoms with E-state index in [0.29, 0.717) is 14.4 Å². The van der Waals surface area contributed by atoms with Gasteiger partial charge in [0.1, 0.15) is 4.83 Å². The molecule has 0 aliphatic rings. The van der Waals surface area contributed by atoms with Crippen LogP contribution in [0.5, 0.6) is 0 Å². The summed E-state index contributed by atoms with van der Waals surface area (Å²) in [6.45, 7) is 3.71. The quantitative estimate of drug-likeness (QED) is 0.724. The Morgan fingerprint density at radius 2 is 2.06 bits per heavy atom. The molecule has 17 heavy (non-hydrogen) atoms. The van der Waals surface area contributed by atoms with Gasteiger partial charge in [0.2, 0.25) is 0 Å². The van der Waals surface area contributed by atoms with Gasteiger partial charge in [-0.1, -0.05) is 11.6 Å². The number of thiophene rings is 1. The van der Waals surface area contributed by atoms with Gasteiger partial charge >= 0.3 is 58.2 Å². The fourth-order valence-electron chi connectivity index (χ4n) is 1.53.